The Balaban J connectivity index is 1.49. The van der Waals surface area contributed by atoms with E-state index < -0.39 is 0 Å². The van der Waals surface area contributed by atoms with E-state index in [0.717, 1.165) is 48.4 Å². The Morgan fingerprint density at radius 1 is 1.19 bits per heavy atom. The molecule has 0 aliphatic carbocycles. The lowest BCUT2D eigenvalue weighted by molar-refractivity contribution is -0.0796. The molecule has 6 heteroatoms. The van der Waals surface area contributed by atoms with E-state index in [2.05, 4.69) is 34.8 Å². The summed E-state index contributed by atoms with van der Waals surface area (Å²) in [6.07, 6.45) is 6.26. The van der Waals surface area contributed by atoms with Gasteiger partial charge >= 0.3 is 0 Å². The van der Waals surface area contributed by atoms with Gasteiger partial charge in [0.25, 0.3) is 0 Å². The molecule has 3 aliphatic heterocycles. The lowest BCUT2D eigenvalue weighted by atomic mass is 10.2. The highest BCUT2D eigenvalue weighted by Crippen LogP contribution is 2.22. The van der Waals surface area contributed by atoms with E-state index in [1.165, 1.54) is 0 Å². The molecule has 26 heavy (non-hydrogen) atoms. The molecule has 0 saturated carbocycles. The van der Waals surface area contributed by atoms with Crippen molar-refractivity contribution in [3.63, 3.8) is 0 Å². The average Bonchev–Trinajstić information content (AvgIpc) is 3.05. The van der Waals surface area contributed by atoms with Crippen LogP contribution in [0.5, 0.6) is 5.75 Å². The predicted octanol–water partition coefficient (Wildman–Crippen LogP) is 2.74. The molecule has 0 amide bonds. The van der Waals surface area contributed by atoms with Gasteiger partial charge in [-0.25, -0.2) is 9.98 Å². The second-order valence-corrected chi connectivity index (χ2v) is 6.51. The van der Waals surface area contributed by atoms with E-state index in [0.29, 0.717) is 13.2 Å². The highest BCUT2D eigenvalue weighted by atomic mass is 16.6. The normalized spacial score (nSPS) is 19.8. The predicted molar refractivity (Wildman–Crippen MR) is 103 cm³/mol. The number of fused-ring (bicyclic) bond motifs is 1. The lowest BCUT2D eigenvalue weighted by Crippen LogP contribution is -2.43. The first-order valence-electron chi connectivity index (χ1n) is 9.16. The first-order valence-corrected chi connectivity index (χ1v) is 9.16. The summed E-state index contributed by atoms with van der Waals surface area (Å²) >= 11 is 0. The second kappa shape index (κ2) is 7.33. The summed E-state index contributed by atoms with van der Waals surface area (Å²) in [6.45, 7) is 8.39. The van der Waals surface area contributed by atoms with Gasteiger partial charge in [0.2, 0.25) is 0 Å². The van der Waals surface area contributed by atoms with Crippen LogP contribution in [0.15, 0.2) is 52.2 Å². The Hall–Kier alpha value is -2.60. The lowest BCUT2D eigenvalue weighted by Gasteiger charge is -2.33. The average molecular weight is 352 g/mol. The van der Waals surface area contributed by atoms with Gasteiger partial charge in [-0.1, -0.05) is 18.2 Å². The van der Waals surface area contributed by atoms with Crippen molar-refractivity contribution in [3.8, 4) is 5.75 Å². The summed E-state index contributed by atoms with van der Waals surface area (Å²) < 4.78 is 11.0. The third-order valence-electron chi connectivity index (χ3n) is 4.62. The molecule has 3 aliphatic rings. The minimum absolute atomic E-state index is 0.177. The SMILES string of the molecule is CCN1C=C2N=C(/C=C/c3cccc(OC4COC4)c3)N=C2N(CC)C1. The molecule has 0 spiro atoms. The van der Waals surface area contributed by atoms with Gasteiger partial charge in [-0.2, -0.15) is 0 Å². The van der Waals surface area contributed by atoms with Gasteiger partial charge in [-0.15, -0.1) is 0 Å². The number of amidine groups is 2. The molecule has 1 saturated heterocycles. The van der Waals surface area contributed by atoms with Crippen LogP contribution >= 0.6 is 0 Å². The maximum atomic E-state index is 5.85. The molecule has 0 unspecified atom stereocenters. The van der Waals surface area contributed by atoms with Crippen molar-refractivity contribution in [2.45, 2.75) is 20.0 Å². The molecular formula is C20H24N4O2. The molecule has 0 N–H and O–H groups in total. The molecular weight excluding hydrogens is 328 g/mol. The fourth-order valence-corrected chi connectivity index (χ4v) is 3.04. The number of aliphatic imine (C=N–C) groups is 2. The minimum atomic E-state index is 0.177. The van der Waals surface area contributed by atoms with Crippen LogP contribution in [0.4, 0.5) is 0 Å². The van der Waals surface area contributed by atoms with E-state index in [1.54, 1.807) is 0 Å². The molecule has 0 aromatic heterocycles. The van der Waals surface area contributed by atoms with Crippen molar-refractivity contribution in [1.29, 1.82) is 0 Å². The van der Waals surface area contributed by atoms with Gasteiger partial charge in [0, 0.05) is 19.3 Å². The Morgan fingerprint density at radius 2 is 2.08 bits per heavy atom. The van der Waals surface area contributed by atoms with Gasteiger partial charge in [-0.05, 0) is 37.6 Å². The minimum Gasteiger partial charge on any atom is -0.486 e. The van der Waals surface area contributed by atoms with Crippen molar-refractivity contribution in [2.24, 2.45) is 9.98 Å². The van der Waals surface area contributed by atoms with Crippen LogP contribution in [0.3, 0.4) is 0 Å². The number of hydrogen-bond acceptors (Lipinski definition) is 6. The second-order valence-electron chi connectivity index (χ2n) is 6.51. The molecule has 1 fully saturated rings. The van der Waals surface area contributed by atoms with Crippen molar-refractivity contribution in [1.82, 2.24) is 9.80 Å². The number of hydrogen-bond donors (Lipinski definition) is 0. The highest BCUT2D eigenvalue weighted by Gasteiger charge is 2.26. The van der Waals surface area contributed by atoms with Crippen molar-refractivity contribution >= 4 is 17.7 Å². The van der Waals surface area contributed by atoms with Crippen LogP contribution in [0.25, 0.3) is 6.08 Å². The maximum Gasteiger partial charge on any atom is 0.160 e. The van der Waals surface area contributed by atoms with E-state index in [4.69, 9.17) is 14.5 Å². The van der Waals surface area contributed by atoms with Crippen molar-refractivity contribution in [3.05, 3.63) is 47.8 Å². The van der Waals surface area contributed by atoms with E-state index in [1.807, 2.05) is 36.4 Å². The smallest absolute Gasteiger partial charge is 0.160 e. The maximum absolute atomic E-state index is 5.85. The third kappa shape index (κ3) is 3.51. The number of benzene rings is 1. The fourth-order valence-electron chi connectivity index (χ4n) is 3.04. The fraction of sp³-hybridized carbons (Fsp3) is 0.400. The Bertz CT molecular complexity index is 793. The summed E-state index contributed by atoms with van der Waals surface area (Å²) in [6, 6.07) is 8.05. The molecule has 4 rings (SSSR count). The number of nitrogens with zero attached hydrogens (tertiary/aromatic N) is 4. The number of ether oxygens (including phenoxy) is 2. The molecule has 0 atom stereocenters. The summed E-state index contributed by atoms with van der Waals surface area (Å²) in [5, 5.41) is 0. The van der Waals surface area contributed by atoms with Gasteiger partial charge < -0.3 is 19.3 Å². The summed E-state index contributed by atoms with van der Waals surface area (Å²) in [4.78, 5) is 13.9. The quantitative estimate of drug-likeness (QED) is 0.790. The highest BCUT2D eigenvalue weighted by molar-refractivity contribution is 6.16. The molecule has 0 radical (unpaired) electrons. The Labute approximate surface area is 154 Å². The molecule has 1 aromatic rings. The zero-order chi connectivity index (χ0) is 17.9. The zero-order valence-electron chi connectivity index (χ0n) is 15.3. The van der Waals surface area contributed by atoms with Gasteiger partial charge in [0.1, 0.15) is 17.6 Å². The van der Waals surface area contributed by atoms with Crippen molar-refractivity contribution < 1.29 is 9.47 Å². The van der Waals surface area contributed by atoms with Crippen molar-refractivity contribution in [2.75, 3.05) is 33.0 Å². The summed E-state index contributed by atoms with van der Waals surface area (Å²) in [5.74, 6) is 2.58. The van der Waals surface area contributed by atoms with Crippen LogP contribution in [-0.2, 0) is 4.74 Å². The molecule has 0 bridgehead atoms. The van der Waals surface area contributed by atoms with Crippen LogP contribution in [0.2, 0.25) is 0 Å². The van der Waals surface area contributed by atoms with Crippen LogP contribution in [0.1, 0.15) is 19.4 Å². The first kappa shape index (κ1) is 16.8. The third-order valence-corrected chi connectivity index (χ3v) is 4.62. The van der Waals surface area contributed by atoms with Crippen LogP contribution in [-0.4, -0.2) is 60.5 Å². The van der Waals surface area contributed by atoms with Gasteiger partial charge in [0.15, 0.2) is 11.7 Å². The first-order chi connectivity index (χ1) is 12.7. The van der Waals surface area contributed by atoms with Crippen LogP contribution in [0, 0.1) is 0 Å². The standard InChI is InChI=1S/C20H24N4O2/c1-3-23-11-18-20(24(4-2)14-23)22-19(21-18)9-8-15-6-5-7-16(10-15)26-17-12-25-13-17/h5-11,17H,3-4,12-14H2,1-2H3/b9-8+. The summed E-state index contributed by atoms with van der Waals surface area (Å²) in [5.41, 5.74) is 2.01. The van der Waals surface area contributed by atoms with E-state index in [-0.39, 0.29) is 6.10 Å². The van der Waals surface area contributed by atoms with Gasteiger partial charge in [0.05, 0.1) is 19.9 Å². The van der Waals surface area contributed by atoms with E-state index >= 15 is 0 Å². The largest absolute Gasteiger partial charge is 0.486 e. The molecule has 1 aromatic carbocycles. The molecule has 6 nitrogen and oxygen atoms in total. The van der Waals surface area contributed by atoms with Gasteiger partial charge in [-0.3, -0.25) is 0 Å². The number of likely N-dealkylation sites (N-methyl/N-ethyl adjacent to an activating group) is 1. The topological polar surface area (TPSA) is 49.7 Å². The Morgan fingerprint density at radius 3 is 2.81 bits per heavy atom. The van der Waals surface area contributed by atoms with Crippen LogP contribution < -0.4 is 4.74 Å². The number of rotatable bonds is 6. The zero-order valence-corrected chi connectivity index (χ0v) is 15.3. The molecule has 136 valence electrons. The summed E-state index contributed by atoms with van der Waals surface area (Å²) in [7, 11) is 0. The monoisotopic (exact) mass is 352 g/mol. The van der Waals surface area contributed by atoms with E-state index in [9.17, 15) is 0 Å². The molecule has 3 heterocycles. The Kier molecular flexibility index (Phi) is 4.75.